The monoisotopic (exact) mass is 391 g/mol. The van der Waals surface area contributed by atoms with Gasteiger partial charge in [-0.15, -0.1) is 0 Å². The maximum absolute atomic E-state index is 12.1. The van der Waals surface area contributed by atoms with Gasteiger partial charge >= 0.3 is 5.97 Å². The van der Waals surface area contributed by atoms with Gasteiger partial charge < -0.3 is 9.64 Å². The van der Waals surface area contributed by atoms with E-state index in [2.05, 4.69) is 26.1 Å². The molecule has 0 saturated carbocycles. The van der Waals surface area contributed by atoms with Crippen LogP contribution in [0, 0.1) is 0 Å². The number of hydrogen-bond acceptors (Lipinski definition) is 4. The van der Waals surface area contributed by atoms with Gasteiger partial charge in [0.2, 0.25) is 0 Å². The normalized spacial score (nSPS) is 14.5. The molecule has 7 heteroatoms. The molecule has 126 valence electrons. The molecule has 1 amide bonds. The maximum Gasteiger partial charge on any atom is 0.356 e. The van der Waals surface area contributed by atoms with Gasteiger partial charge in [0, 0.05) is 23.1 Å². The Morgan fingerprint density at radius 3 is 2.58 bits per heavy atom. The van der Waals surface area contributed by atoms with Gasteiger partial charge in [0.1, 0.15) is 5.69 Å². The molecular formula is C17H18BrN3O3. The Kier molecular flexibility index (Phi) is 5.30. The third-order valence-electron chi connectivity index (χ3n) is 3.97. The van der Waals surface area contributed by atoms with E-state index in [9.17, 15) is 9.59 Å². The molecular weight excluding hydrogens is 374 g/mol. The Morgan fingerprint density at radius 1 is 1.17 bits per heavy atom. The quantitative estimate of drug-likeness (QED) is 0.812. The van der Waals surface area contributed by atoms with Crippen molar-refractivity contribution in [3.05, 3.63) is 40.5 Å². The van der Waals surface area contributed by atoms with Crippen molar-refractivity contribution in [2.24, 2.45) is 0 Å². The van der Waals surface area contributed by atoms with E-state index in [4.69, 9.17) is 4.74 Å². The molecule has 1 saturated heterocycles. The fourth-order valence-electron chi connectivity index (χ4n) is 2.63. The molecule has 0 spiro atoms. The van der Waals surface area contributed by atoms with Gasteiger partial charge in [0.05, 0.1) is 5.69 Å². The number of ether oxygens (including phenoxy) is 1. The highest BCUT2D eigenvalue weighted by Gasteiger charge is 2.19. The minimum absolute atomic E-state index is 0.143. The van der Waals surface area contributed by atoms with Crippen LogP contribution in [0.4, 0.5) is 0 Å². The first kappa shape index (κ1) is 16.7. The molecule has 0 bridgehead atoms. The Hall–Kier alpha value is -2.15. The lowest BCUT2D eigenvalue weighted by atomic mass is 10.1. The van der Waals surface area contributed by atoms with Gasteiger partial charge in [-0.2, -0.15) is 5.10 Å². The zero-order valence-electron chi connectivity index (χ0n) is 13.1. The molecule has 24 heavy (non-hydrogen) atoms. The van der Waals surface area contributed by atoms with Crippen LogP contribution in [0.15, 0.2) is 34.8 Å². The number of carbonyl (C=O) groups excluding carboxylic acids is 2. The second kappa shape index (κ2) is 7.61. The highest BCUT2D eigenvalue weighted by Crippen LogP contribution is 2.20. The molecule has 0 atom stereocenters. The highest BCUT2D eigenvalue weighted by atomic mass is 79.9. The van der Waals surface area contributed by atoms with Gasteiger partial charge in [0.25, 0.3) is 5.91 Å². The second-order valence-corrected chi connectivity index (χ2v) is 6.61. The molecule has 1 aromatic carbocycles. The Labute approximate surface area is 148 Å². The number of aromatic nitrogens is 2. The van der Waals surface area contributed by atoms with Crippen molar-refractivity contribution < 1.29 is 14.3 Å². The molecule has 1 aromatic heterocycles. The third-order valence-corrected chi connectivity index (χ3v) is 4.50. The van der Waals surface area contributed by atoms with Crippen LogP contribution in [0.25, 0.3) is 11.3 Å². The van der Waals surface area contributed by atoms with E-state index < -0.39 is 5.97 Å². The smallest absolute Gasteiger partial charge is 0.356 e. The number of aromatic amines is 1. The molecule has 1 aliphatic rings. The van der Waals surface area contributed by atoms with Crippen LogP contribution in [0.5, 0.6) is 0 Å². The van der Waals surface area contributed by atoms with Crippen LogP contribution in [0.2, 0.25) is 0 Å². The summed E-state index contributed by atoms with van der Waals surface area (Å²) in [7, 11) is 0. The molecule has 6 nitrogen and oxygen atoms in total. The van der Waals surface area contributed by atoms with Crippen LogP contribution in [-0.4, -0.2) is 46.7 Å². The lowest BCUT2D eigenvalue weighted by Gasteiger charge is -2.26. The van der Waals surface area contributed by atoms with E-state index in [1.807, 2.05) is 24.3 Å². The van der Waals surface area contributed by atoms with Gasteiger partial charge in [0.15, 0.2) is 6.61 Å². The number of carbonyl (C=O) groups is 2. The van der Waals surface area contributed by atoms with E-state index in [0.29, 0.717) is 5.69 Å². The number of nitrogens with one attached hydrogen (secondary N) is 1. The fraction of sp³-hybridized carbons (Fsp3) is 0.353. The predicted octanol–water partition coefficient (Wildman–Crippen LogP) is 3.01. The van der Waals surface area contributed by atoms with Gasteiger partial charge in [-0.1, -0.05) is 28.1 Å². The summed E-state index contributed by atoms with van der Waals surface area (Å²) in [6.07, 6.45) is 3.17. The number of halogens is 1. The fourth-order valence-corrected chi connectivity index (χ4v) is 2.90. The van der Waals surface area contributed by atoms with E-state index in [1.165, 1.54) is 0 Å². The number of piperidine rings is 1. The topological polar surface area (TPSA) is 75.3 Å². The van der Waals surface area contributed by atoms with E-state index in [1.54, 1.807) is 11.0 Å². The molecule has 1 N–H and O–H groups in total. The first-order chi connectivity index (χ1) is 11.6. The van der Waals surface area contributed by atoms with Crippen molar-refractivity contribution in [3.63, 3.8) is 0 Å². The summed E-state index contributed by atoms with van der Waals surface area (Å²) in [5.41, 5.74) is 1.77. The molecule has 2 aromatic rings. The van der Waals surface area contributed by atoms with Crippen molar-refractivity contribution in [1.29, 1.82) is 0 Å². The van der Waals surface area contributed by atoms with Crippen LogP contribution in [0.1, 0.15) is 29.8 Å². The maximum atomic E-state index is 12.1. The Morgan fingerprint density at radius 2 is 1.88 bits per heavy atom. The predicted molar refractivity (Wildman–Crippen MR) is 92.4 cm³/mol. The van der Waals surface area contributed by atoms with Crippen molar-refractivity contribution in [1.82, 2.24) is 15.1 Å². The molecule has 3 rings (SSSR count). The summed E-state index contributed by atoms with van der Waals surface area (Å²) in [6.45, 7) is 1.26. The minimum Gasteiger partial charge on any atom is -0.451 e. The van der Waals surface area contributed by atoms with Crippen molar-refractivity contribution in [2.45, 2.75) is 19.3 Å². The van der Waals surface area contributed by atoms with E-state index in [0.717, 1.165) is 42.4 Å². The molecule has 2 heterocycles. The lowest BCUT2D eigenvalue weighted by Crippen LogP contribution is -2.38. The van der Waals surface area contributed by atoms with Crippen LogP contribution >= 0.6 is 15.9 Å². The summed E-state index contributed by atoms with van der Waals surface area (Å²) in [4.78, 5) is 25.8. The third kappa shape index (κ3) is 4.03. The number of nitrogens with zero attached hydrogens (tertiary/aromatic N) is 2. The molecule has 0 radical (unpaired) electrons. The lowest BCUT2D eigenvalue weighted by molar-refractivity contribution is -0.135. The number of hydrogen-bond donors (Lipinski definition) is 1. The first-order valence-corrected chi connectivity index (χ1v) is 8.69. The molecule has 1 aliphatic heterocycles. The SMILES string of the molecule is O=C(OCC(=O)N1CCCCC1)c1cc(-c2ccc(Br)cc2)n[nH]1. The second-order valence-electron chi connectivity index (χ2n) is 5.69. The zero-order chi connectivity index (χ0) is 16.9. The zero-order valence-corrected chi connectivity index (χ0v) is 14.7. The number of likely N-dealkylation sites (tertiary alicyclic amines) is 1. The molecule has 1 fully saturated rings. The van der Waals surface area contributed by atoms with Crippen molar-refractivity contribution >= 4 is 27.8 Å². The van der Waals surface area contributed by atoms with Crippen LogP contribution < -0.4 is 0 Å². The number of rotatable bonds is 4. The number of amides is 1. The average Bonchev–Trinajstić information content (AvgIpc) is 3.11. The number of H-pyrrole nitrogens is 1. The van der Waals surface area contributed by atoms with E-state index >= 15 is 0 Å². The summed E-state index contributed by atoms with van der Waals surface area (Å²) in [5, 5.41) is 6.78. The van der Waals surface area contributed by atoms with Gasteiger partial charge in [-0.3, -0.25) is 9.89 Å². The number of benzene rings is 1. The molecule has 0 unspecified atom stereocenters. The van der Waals surface area contributed by atoms with Crippen LogP contribution in [0.3, 0.4) is 0 Å². The van der Waals surface area contributed by atoms with Gasteiger partial charge in [-0.05, 0) is 37.5 Å². The molecule has 0 aliphatic carbocycles. The van der Waals surface area contributed by atoms with E-state index in [-0.39, 0.29) is 18.2 Å². The standard InChI is InChI=1S/C17H18BrN3O3/c18-13-6-4-12(5-7-13)14-10-15(20-19-14)17(23)24-11-16(22)21-8-2-1-3-9-21/h4-7,10H,1-3,8-9,11H2,(H,19,20). The van der Waals surface area contributed by atoms with Crippen LogP contribution in [-0.2, 0) is 9.53 Å². The largest absolute Gasteiger partial charge is 0.451 e. The Balaban J connectivity index is 1.57. The number of esters is 1. The highest BCUT2D eigenvalue weighted by molar-refractivity contribution is 9.10. The first-order valence-electron chi connectivity index (χ1n) is 7.90. The summed E-state index contributed by atoms with van der Waals surface area (Å²) in [6, 6.07) is 9.22. The Bertz CT molecular complexity index is 721. The average molecular weight is 392 g/mol. The summed E-state index contributed by atoms with van der Waals surface area (Å²) >= 11 is 3.37. The van der Waals surface area contributed by atoms with Crippen molar-refractivity contribution in [2.75, 3.05) is 19.7 Å². The van der Waals surface area contributed by atoms with Crippen molar-refractivity contribution in [3.8, 4) is 11.3 Å². The summed E-state index contributed by atoms with van der Waals surface area (Å²) < 4.78 is 6.07. The van der Waals surface area contributed by atoms with Gasteiger partial charge in [-0.25, -0.2) is 4.79 Å². The minimum atomic E-state index is -0.573. The summed E-state index contributed by atoms with van der Waals surface area (Å²) in [5.74, 6) is -0.716.